The standard InChI is InChI=1S/Mo.6HO3Si.6H2O.12O.6W/c;6*1-4(2)3;;;;;;;;;;;;;;;;;;;;;;;;/h;6*1H;6*1H2;;;;;;;;;;;;;;;;;;/q;6*-1;;;;;;;;;;;;;;;;;;;6*+1/p-6. The molecule has 0 rings (SSSR count). The zero-order valence-electron chi connectivity index (χ0n) is 21.0. The van der Waals surface area contributed by atoms with Gasteiger partial charge in [0.25, 0.3) is 0 Å². The van der Waals surface area contributed by atoms with Crippen molar-refractivity contribution in [1.82, 2.24) is 0 Å². The normalized spacial score (nSPS) is 6.00. The van der Waals surface area contributed by atoms with E-state index in [2.05, 4.69) is 0 Å². The molecule has 49 heteroatoms. The van der Waals surface area contributed by atoms with Crippen LogP contribution in [0, 0.1) is 0 Å². The second-order valence-electron chi connectivity index (χ2n) is 2.90. The van der Waals surface area contributed by atoms with Crippen LogP contribution in [0.3, 0.4) is 0 Å². The monoisotopic (exact) mass is 1960 g/mol. The fourth-order valence-corrected chi connectivity index (χ4v) is 0. The Bertz CT molecular complexity index is 918. The summed E-state index contributed by atoms with van der Waals surface area (Å²) in [5.74, 6) is 0. The third-order valence-corrected chi connectivity index (χ3v) is 0. The summed E-state index contributed by atoms with van der Waals surface area (Å²) >= 11 is -24.2. The molecule has 36 nitrogen and oxygen atoms in total. The van der Waals surface area contributed by atoms with Gasteiger partial charge in [0.1, 0.15) is 0 Å². The first-order valence-corrected chi connectivity index (χ1v) is 36.7. The van der Waals surface area contributed by atoms with Crippen molar-refractivity contribution in [2.75, 3.05) is 0 Å². The summed E-state index contributed by atoms with van der Waals surface area (Å²) < 4.78 is 199. The van der Waals surface area contributed by atoms with Crippen LogP contribution in [0.1, 0.15) is 0 Å². The Hall–Kier alpha value is -0.121. The molecule has 0 aromatic carbocycles. The molecular formula is H12MoO36Si6W6-6. The molecular weight excluding hydrogens is 1940 g/mol. The van der Waals surface area contributed by atoms with Crippen molar-refractivity contribution < 1.29 is 274 Å². The minimum absolute atomic E-state index is 0. The molecule has 0 heterocycles. The predicted molar refractivity (Wildman–Crippen MR) is 73.5 cm³/mol. The third kappa shape index (κ3) is 6940000. The minimum atomic E-state index is -4.03. The molecule has 0 saturated carbocycles. The Morgan fingerprint density at radius 3 is 0.265 bits per heavy atom. The summed E-state index contributed by atoms with van der Waals surface area (Å²) in [5, 5.41) is 0. The molecule has 0 aromatic heterocycles. The van der Waals surface area contributed by atoms with Crippen molar-refractivity contribution in [2.24, 2.45) is 0 Å². The Kier molecular flexibility index (Phi) is 145. The Morgan fingerprint density at radius 1 is 0.265 bits per heavy atom. The Labute approximate surface area is 325 Å². The van der Waals surface area contributed by atoms with E-state index in [9.17, 15) is 0 Å². The SMILES string of the molecule is O=[Si]([O-])O.O=[Si]([O-])O.O=[Si]([O-])O.O=[Si]([O-])O.O=[Si]([O-])O.O=[Si]([O-])O.[Mo].[O]=[W](=[O])[OH].[O]=[W](=[O])[OH].[O]=[W](=[O])[OH].[O]=[W](=[O])[OH].[O]=[W](=[O])[OH].[O]=[W](=[O])[OH]. The van der Waals surface area contributed by atoms with Crippen LogP contribution in [0.15, 0.2) is 0 Å². The molecule has 0 radical (unpaired) electrons. The van der Waals surface area contributed by atoms with E-state index in [-0.39, 0.29) is 21.1 Å². The molecule has 0 aliphatic rings. The van der Waals surface area contributed by atoms with Crippen molar-refractivity contribution in [1.29, 1.82) is 0 Å². The van der Waals surface area contributed by atoms with E-state index >= 15 is 0 Å². The van der Waals surface area contributed by atoms with Crippen molar-refractivity contribution in [2.45, 2.75) is 0 Å². The molecule has 0 aliphatic heterocycles. The van der Waals surface area contributed by atoms with E-state index in [0.717, 1.165) is 0 Å². The molecule has 12 N–H and O–H groups in total. The first kappa shape index (κ1) is 87.0. The maximum atomic E-state index is 8.72. The first-order chi connectivity index (χ1) is 20.8. The van der Waals surface area contributed by atoms with Crippen LogP contribution < -0.4 is 28.8 Å². The third-order valence-electron chi connectivity index (χ3n) is 0. The average molecular weight is 1960 g/mol. The van der Waals surface area contributed by atoms with Gasteiger partial charge in [0.2, 0.25) is 0 Å². The van der Waals surface area contributed by atoms with E-state index in [0.29, 0.717) is 0 Å². The summed E-state index contributed by atoms with van der Waals surface area (Å²) in [5.41, 5.74) is 0. The van der Waals surface area contributed by atoms with Gasteiger partial charge in [-0.3, -0.25) is 0 Å². The van der Waals surface area contributed by atoms with Gasteiger partial charge >= 0.3 is 224 Å². The molecule has 0 amide bonds. The fraction of sp³-hybridized carbons (Fsp3) is 0. The van der Waals surface area contributed by atoms with Gasteiger partial charge in [0.05, 0.1) is 0 Å². The van der Waals surface area contributed by atoms with Gasteiger partial charge in [0, 0.05) is 21.1 Å². The summed E-state index contributed by atoms with van der Waals surface area (Å²) in [6, 6.07) is 0. The number of hydrogen-bond acceptors (Lipinski definition) is 24. The second-order valence-corrected chi connectivity index (χ2v) is 15.4. The van der Waals surface area contributed by atoms with Gasteiger partial charge < -0.3 is 84.3 Å². The van der Waals surface area contributed by atoms with Gasteiger partial charge in [-0.1, -0.05) is 0 Å². The first-order valence-electron chi connectivity index (χ1n) is 6.89. The van der Waals surface area contributed by atoms with Gasteiger partial charge in [-0.05, 0) is 0 Å². The van der Waals surface area contributed by atoms with Crippen LogP contribution in [0.5, 0.6) is 0 Å². The van der Waals surface area contributed by atoms with E-state index in [1.807, 2.05) is 0 Å². The summed E-state index contributed by atoms with van der Waals surface area (Å²) in [7, 11) is -20.3. The van der Waals surface area contributed by atoms with Crippen LogP contribution in [-0.2, 0) is 194 Å². The molecule has 49 heavy (non-hydrogen) atoms. The van der Waals surface area contributed by atoms with E-state index in [4.69, 9.17) is 148 Å². The van der Waals surface area contributed by atoms with Crippen molar-refractivity contribution >= 4 is 55.0 Å². The summed E-state index contributed by atoms with van der Waals surface area (Å²) in [6.07, 6.45) is 0. The fourth-order valence-electron chi connectivity index (χ4n) is 0. The molecule has 0 aliphatic carbocycles. The van der Waals surface area contributed by atoms with Gasteiger partial charge in [-0.15, -0.1) is 0 Å². The van der Waals surface area contributed by atoms with Crippen LogP contribution in [-0.4, -0.2) is 106 Å². The number of rotatable bonds is 0. The predicted octanol–water partition coefficient (Wildman–Crippen LogP) is -18.3. The van der Waals surface area contributed by atoms with Gasteiger partial charge in [-0.2, -0.15) is 0 Å². The Morgan fingerprint density at radius 2 is 0.265 bits per heavy atom. The van der Waals surface area contributed by atoms with Crippen molar-refractivity contribution in [3.8, 4) is 0 Å². The Balaban J connectivity index is -0.0000000262. The van der Waals surface area contributed by atoms with E-state index in [1.165, 1.54) is 0 Å². The zero-order valence-corrected chi connectivity index (χ0v) is 46.6. The summed E-state index contributed by atoms with van der Waals surface area (Å²) in [4.78, 5) is 94.1. The maximum absolute atomic E-state index is 8.72. The van der Waals surface area contributed by atoms with Gasteiger partial charge in [-0.25, -0.2) is 0 Å². The van der Waals surface area contributed by atoms with Crippen LogP contribution in [0.25, 0.3) is 0 Å². The molecule has 0 aromatic rings. The summed E-state index contributed by atoms with van der Waals surface area (Å²) in [6.45, 7) is 0. The molecule has 0 fully saturated rings. The van der Waals surface area contributed by atoms with E-state index < -0.39 is 161 Å². The second kappa shape index (κ2) is 81.7. The molecule has 0 atom stereocenters. The average Bonchev–Trinajstić information content (AvgIpc) is 2.61. The van der Waals surface area contributed by atoms with Crippen molar-refractivity contribution in [3.63, 3.8) is 0 Å². The van der Waals surface area contributed by atoms with E-state index in [1.54, 1.807) is 0 Å². The van der Waals surface area contributed by atoms with Crippen LogP contribution in [0.4, 0.5) is 0 Å². The van der Waals surface area contributed by atoms with Gasteiger partial charge in [0.15, 0.2) is 0 Å². The molecule has 0 bridgehead atoms. The molecule has 0 saturated heterocycles. The zero-order chi connectivity index (χ0) is 42.9. The van der Waals surface area contributed by atoms with Crippen molar-refractivity contribution in [3.05, 3.63) is 0 Å². The number of hydrogen-bond donors (Lipinski definition) is 12. The molecule has 0 unspecified atom stereocenters. The molecule has 0 spiro atoms. The topological polar surface area (TPSA) is 688 Å². The quantitative estimate of drug-likeness (QED) is 0.100. The van der Waals surface area contributed by atoms with Crippen LogP contribution in [0.2, 0.25) is 0 Å². The molecule has 300 valence electrons. The van der Waals surface area contributed by atoms with Crippen LogP contribution >= 0.6 is 0 Å².